The Bertz CT molecular complexity index is 166. The molecule has 2 aliphatic rings. The summed E-state index contributed by atoms with van der Waals surface area (Å²) in [6.45, 7) is 4.12. The molecule has 82 valence electrons. The van der Waals surface area contributed by atoms with Gasteiger partial charge in [0.2, 0.25) is 0 Å². The third kappa shape index (κ3) is 2.47. The average Bonchev–Trinajstić information content (AvgIpc) is 2.30. The van der Waals surface area contributed by atoms with Crippen LogP contribution in [0.5, 0.6) is 0 Å². The Hall–Kier alpha value is -0.120. The largest absolute Gasteiger partial charge is 0.318 e. The highest BCUT2D eigenvalue weighted by atomic mass is 15.3. The summed E-state index contributed by atoms with van der Waals surface area (Å²) >= 11 is 0. The van der Waals surface area contributed by atoms with Gasteiger partial charge in [-0.15, -0.1) is 0 Å². The van der Waals surface area contributed by atoms with E-state index in [1.165, 1.54) is 45.2 Å². The molecule has 1 aliphatic carbocycles. The number of rotatable bonds is 2. The minimum Gasteiger partial charge on any atom is -0.318 e. The molecule has 0 radical (unpaired) electrons. The molecule has 0 spiro atoms. The summed E-state index contributed by atoms with van der Waals surface area (Å²) in [5.41, 5.74) is 5.68. The Morgan fingerprint density at radius 3 is 2.64 bits per heavy atom. The van der Waals surface area contributed by atoms with E-state index in [9.17, 15) is 0 Å². The van der Waals surface area contributed by atoms with Gasteiger partial charge in [0.05, 0.1) is 0 Å². The van der Waals surface area contributed by atoms with E-state index in [2.05, 4.69) is 10.2 Å². The van der Waals surface area contributed by atoms with Crippen molar-refractivity contribution < 1.29 is 0 Å². The second-order valence-corrected chi connectivity index (χ2v) is 4.81. The summed E-state index contributed by atoms with van der Waals surface area (Å²) in [5, 5.41) is 3.48. The molecule has 1 atom stereocenters. The van der Waals surface area contributed by atoms with E-state index in [4.69, 9.17) is 5.73 Å². The molecule has 3 N–H and O–H groups in total. The molecule has 2 rings (SSSR count). The van der Waals surface area contributed by atoms with Gasteiger partial charge in [-0.3, -0.25) is 4.90 Å². The monoisotopic (exact) mass is 197 g/mol. The van der Waals surface area contributed by atoms with Crippen molar-refractivity contribution in [3.8, 4) is 0 Å². The Morgan fingerprint density at radius 2 is 1.93 bits per heavy atom. The number of nitrogens with two attached hydrogens (primary N) is 1. The molecular weight excluding hydrogens is 174 g/mol. The first kappa shape index (κ1) is 10.4. The van der Waals surface area contributed by atoms with Crippen molar-refractivity contribution in [2.24, 2.45) is 17.6 Å². The second-order valence-electron chi connectivity index (χ2n) is 4.81. The lowest BCUT2D eigenvalue weighted by molar-refractivity contribution is 0.114. The fourth-order valence-corrected chi connectivity index (χ4v) is 2.93. The van der Waals surface area contributed by atoms with E-state index < -0.39 is 0 Å². The van der Waals surface area contributed by atoms with Gasteiger partial charge in [-0.05, 0) is 11.8 Å². The first-order valence-corrected chi connectivity index (χ1v) is 6.03. The van der Waals surface area contributed by atoms with E-state index in [0.29, 0.717) is 6.67 Å². The van der Waals surface area contributed by atoms with Gasteiger partial charge in [0, 0.05) is 26.4 Å². The van der Waals surface area contributed by atoms with Crippen molar-refractivity contribution in [3.05, 3.63) is 0 Å². The highest BCUT2D eigenvalue weighted by Crippen LogP contribution is 2.30. The molecular formula is C11H23N3. The quantitative estimate of drug-likeness (QED) is 0.693. The maximum atomic E-state index is 5.68. The Balaban J connectivity index is 1.83. The van der Waals surface area contributed by atoms with Gasteiger partial charge in [0.25, 0.3) is 0 Å². The molecule has 0 aromatic rings. The fraction of sp³-hybridized carbons (Fsp3) is 1.00. The van der Waals surface area contributed by atoms with Crippen LogP contribution < -0.4 is 11.1 Å². The normalized spacial score (nSPS) is 31.9. The van der Waals surface area contributed by atoms with Crippen LogP contribution in [0.2, 0.25) is 0 Å². The van der Waals surface area contributed by atoms with Gasteiger partial charge in [-0.1, -0.05) is 32.1 Å². The predicted molar refractivity (Wildman–Crippen MR) is 58.7 cm³/mol. The molecule has 1 saturated heterocycles. The van der Waals surface area contributed by atoms with E-state index in [1.807, 2.05) is 0 Å². The second kappa shape index (κ2) is 5.10. The van der Waals surface area contributed by atoms with Gasteiger partial charge in [-0.25, -0.2) is 0 Å². The van der Waals surface area contributed by atoms with Crippen LogP contribution in [-0.2, 0) is 0 Å². The zero-order chi connectivity index (χ0) is 9.80. The van der Waals surface area contributed by atoms with Gasteiger partial charge in [0.1, 0.15) is 0 Å². The fourth-order valence-electron chi connectivity index (χ4n) is 2.93. The zero-order valence-corrected chi connectivity index (χ0v) is 9.04. The van der Waals surface area contributed by atoms with Crippen LogP contribution in [-0.4, -0.2) is 31.3 Å². The highest BCUT2D eigenvalue weighted by Gasteiger charge is 2.27. The number of nitrogens with one attached hydrogen (secondary N) is 1. The van der Waals surface area contributed by atoms with Crippen molar-refractivity contribution in [3.63, 3.8) is 0 Å². The third-order valence-electron chi connectivity index (χ3n) is 3.81. The molecule has 0 amide bonds. The maximum Gasteiger partial charge on any atom is 0.0492 e. The SMILES string of the molecule is NCN1CNCC(C2CCCCC2)C1. The molecule has 1 unspecified atom stereocenters. The van der Waals surface area contributed by atoms with Crippen LogP contribution in [0, 0.1) is 11.8 Å². The summed E-state index contributed by atoms with van der Waals surface area (Å²) in [7, 11) is 0. The van der Waals surface area contributed by atoms with Gasteiger partial charge in [0.15, 0.2) is 0 Å². The lowest BCUT2D eigenvalue weighted by Crippen LogP contribution is -2.51. The Kier molecular flexibility index (Phi) is 3.79. The summed E-state index contributed by atoms with van der Waals surface area (Å²) in [6.07, 6.45) is 7.25. The lowest BCUT2D eigenvalue weighted by atomic mass is 9.79. The van der Waals surface area contributed by atoms with Crippen LogP contribution >= 0.6 is 0 Å². The smallest absolute Gasteiger partial charge is 0.0492 e. The Labute approximate surface area is 87.0 Å². The van der Waals surface area contributed by atoms with Crippen LogP contribution in [0.4, 0.5) is 0 Å². The van der Waals surface area contributed by atoms with E-state index in [0.717, 1.165) is 18.5 Å². The molecule has 1 aliphatic heterocycles. The van der Waals surface area contributed by atoms with Gasteiger partial charge >= 0.3 is 0 Å². The van der Waals surface area contributed by atoms with Crippen molar-refractivity contribution in [1.82, 2.24) is 10.2 Å². The lowest BCUT2D eigenvalue weighted by Gasteiger charge is -2.38. The van der Waals surface area contributed by atoms with Crippen molar-refractivity contribution >= 4 is 0 Å². The Morgan fingerprint density at radius 1 is 1.14 bits per heavy atom. The summed E-state index contributed by atoms with van der Waals surface area (Å²) in [5.74, 6) is 1.82. The van der Waals surface area contributed by atoms with Crippen LogP contribution in [0.3, 0.4) is 0 Å². The topological polar surface area (TPSA) is 41.3 Å². The van der Waals surface area contributed by atoms with E-state index >= 15 is 0 Å². The van der Waals surface area contributed by atoms with Gasteiger partial charge in [-0.2, -0.15) is 0 Å². The standard InChI is InChI=1S/C11H23N3/c12-8-14-7-11(6-13-9-14)10-4-2-1-3-5-10/h10-11,13H,1-9,12H2. The third-order valence-corrected chi connectivity index (χ3v) is 3.81. The first-order valence-electron chi connectivity index (χ1n) is 6.03. The molecule has 3 heteroatoms. The summed E-state index contributed by atoms with van der Waals surface area (Å²) in [4.78, 5) is 2.32. The average molecular weight is 197 g/mol. The molecule has 0 bridgehead atoms. The van der Waals surface area contributed by atoms with Crippen molar-refractivity contribution in [2.75, 3.05) is 26.4 Å². The summed E-state index contributed by atoms with van der Waals surface area (Å²) < 4.78 is 0. The number of hydrogen-bond acceptors (Lipinski definition) is 3. The molecule has 0 aromatic heterocycles. The summed E-state index contributed by atoms with van der Waals surface area (Å²) in [6, 6.07) is 0. The van der Waals surface area contributed by atoms with E-state index in [1.54, 1.807) is 0 Å². The highest BCUT2D eigenvalue weighted by molar-refractivity contribution is 4.80. The molecule has 14 heavy (non-hydrogen) atoms. The molecule has 1 saturated carbocycles. The van der Waals surface area contributed by atoms with Gasteiger partial charge < -0.3 is 11.1 Å². The predicted octanol–water partition coefficient (Wildman–Crippen LogP) is 0.962. The number of nitrogens with zero attached hydrogens (tertiary/aromatic N) is 1. The maximum absolute atomic E-state index is 5.68. The van der Waals surface area contributed by atoms with Crippen LogP contribution in [0.1, 0.15) is 32.1 Å². The number of hydrogen-bond donors (Lipinski definition) is 2. The van der Waals surface area contributed by atoms with Crippen LogP contribution in [0.25, 0.3) is 0 Å². The minimum absolute atomic E-state index is 0.705. The zero-order valence-electron chi connectivity index (χ0n) is 9.04. The van der Waals surface area contributed by atoms with Crippen molar-refractivity contribution in [2.45, 2.75) is 32.1 Å². The van der Waals surface area contributed by atoms with Crippen molar-refractivity contribution in [1.29, 1.82) is 0 Å². The van der Waals surface area contributed by atoms with E-state index in [-0.39, 0.29) is 0 Å². The molecule has 1 heterocycles. The minimum atomic E-state index is 0.705. The van der Waals surface area contributed by atoms with Crippen LogP contribution in [0.15, 0.2) is 0 Å². The molecule has 0 aromatic carbocycles. The molecule has 2 fully saturated rings. The molecule has 3 nitrogen and oxygen atoms in total. The first-order chi connectivity index (χ1) is 6.90.